The molecule has 0 aliphatic rings. The summed E-state index contributed by atoms with van der Waals surface area (Å²) in [5.74, 6) is -0.814. The minimum Gasteiger partial charge on any atom is -0.444 e. The Morgan fingerprint density at radius 2 is 1.55 bits per heavy atom. The Labute approximate surface area is 226 Å². The van der Waals surface area contributed by atoms with Gasteiger partial charge in [0.15, 0.2) is 0 Å². The number of amides is 3. The molecule has 0 aliphatic carbocycles. The minimum absolute atomic E-state index is 0.0659. The SMILES string of the molecule is Cc1ccc(C(C(=O)Nc2c(C)cccc2C)N(CCO)C(=O)C(CC(C)C)NC(=O)OC(C)(C)C)cc1. The summed E-state index contributed by atoms with van der Waals surface area (Å²) < 4.78 is 5.40. The number of carbonyl (C=O) groups is 3. The number of alkyl carbamates (subject to hydrolysis) is 1. The molecule has 8 heteroatoms. The van der Waals surface area contributed by atoms with Crippen LogP contribution in [0.2, 0.25) is 0 Å². The van der Waals surface area contributed by atoms with E-state index >= 15 is 0 Å². The van der Waals surface area contributed by atoms with Gasteiger partial charge < -0.3 is 25.4 Å². The zero-order valence-electron chi connectivity index (χ0n) is 23.9. The first-order chi connectivity index (χ1) is 17.7. The number of aliphatic hydroxyl groups excluding tert-OH is 1. The van der Waals surface area contributed by atoms with Crippen molar-refractivity contribution >= 4 is 23.6 Å². The Morgan fingerprint density at radius 1 is 0.974 bits per heavy atom. The number of aliphatic hydroxyl groups is 1. The first kappa shape index (κ1) is 30.8. The number of hydrogen-bond donors (Lipinski definition) is 3. The van der Waals surface area contributed by atoms with E-state index in [4.69, 9.17) is 4.74 Å². The van der Waals surface area contributed by atoms with Crippen LogP contribution in [0.3, 0.4) is 0 Å². The molecule has 0 radical (unpaired) electrons. The van der Waals surface area contributed by atoms with E-state index in [9.17, 15) is 19.5 Å². The van der Waals surface area contributed by atoms with Gasteiger partial charge in [0, 0.05) is 12.2 Å². The summed E-state index contributed by atoms with van der Waals surface area (Å²) in [6.45, 7) is 14.4. The quantitative estimate of drug-likeness (QED) is 0.402. The maximum Gasteiger partial charge on any atom is 0.408 e. The second kappa shape index (κ2) is 13.4. The molecule has 3 amide bonds. The van der Waals surface area contributed by atoms with Crippen LogP contribution in [0.5, 0.6) is 0 Å². The second-order valence-corrected chi connectivity index (χ2v) is 11.2. The average molecular weight is 526 g/mol. The fourth-order valence-corrected chi connectivity index (χ4v) is 4.24. The highest BCUT2D eigenvalue weighted by Gasteiger charge is 2.36. The molecule has 38 heavy (non-hydrogen) atoms. The van der Waals surface area contributed by atoms with E-state index in [0.29, 0.717) is 17.7 Å². The summed E-state index contributed by atoms with van der Waals surface area (Å²) in [4.78, 5) is 41.9. The van der Waals surface area contributed by atoms with Crippen LogP contribution in [0.25, 0.3) is 0 Å². The molecule has 0 saturated heterocycles. The summed E-state index contributed by atoms with van der Waals surface area (Å²) in [6, 6.07) is 11.1. The normalized spacial score (nSPS) is 13.0. The lowest BCUT2D eigenvalue weighted by Gasteiger charge is -2.34. The first-order valence-corrected chi connectivity index (χ1v) is 13.1. The molecule has 3 N–H and O–H groups in total. The summed E-state index contributed by atoms with van der Waals surface area (Å²) in [5.41, 5.74) is 3.33. The molecule has 0 heterocycles. The number of nitrogens with zero attached hydrogens (tertiary/aromatic N) is 1. The molecule has 2 unspecified atom stereocenters. The Bertz CT molecular complexity index is 1090. The van der Waals surface area contributed by atoms with Crippen molar-refractivity contribution in [1.29, 1.82) is 0 Å². The van der Waals surface area contributed by atoms with Crippen LogP contribution in [-0.2, 0) is 14.3 Å². The van der Waals surface area contributed by atoms with Gasteiger partial charge >= 0.3 is 6.09 Å². The molecule has 0 saturated carbocycles. The van der Waals surface area contributed by atoms with Crippen molar-refractivity contribution < 1.29 is 24.2 Å². The zero-order valence-corrected chi connectivity index (χ0v) is 23.9. The fourth-order valence-electron chi connectivity index (χ4n) is 4.24. The highest BCUT2D eigenvalue weighted by atomic mass is 16.6. The van der Waals surface area contributed by atoms with Crippen molar-refractivity contribution in [3.8, 4) is 0 Å². The maximum absolute atomic E-state index is 14.0. The lowest BCUT2D eigenvalue weighted by molar-refractivity contribution is -0.141. The predicted molar refractivity (Wildman–Crippen MR) is 150 cm³/mol. The van der Waals surface area contributed by atoms with E-state index in [1.165, 1.54) is 4.90 Å². The molecule has 0 aromatic heterocycles. The molecule has 0 bridgehead atoms. The van der Waals surface area contributed by atoms with Gasteiger partial charge in [0.2, 0.25) is 5.91 Å². The van der Waals surface area contributed by atoms with Crippen molar-refractivity contribution in [3.63, 3.8) is 0 Å². The molecule has 2 rings (SSSR count). The second-order valence-electron chi connectivity index (χ2n) is 11.2. The third kappa shape index (κ3) is 8.87. The third-order valence-corrected chi connectivity index (χ3v) is 6.00. The van der Waals surface area contributed by atoms with E-state index in [0.717, 1.165) is 16.7 Å². The molecular formula is C30H43N3O5. The van der Waals surface area contributed by atoms with Gasteiger partial charge in [-0.05, 0) is 70.6 Å². The van der Waals surface area contributed by atoms with Gasteiger partial charge in [-0.25, -0.2) is 4.79 Å². The maximum atomic E-state index is 14.0. The highest BCUT2D eigenvalue weighted by Crippen LogP contribution is 2.27. The highest BCUT2D eigenvalue weighted by molar-refractivity contribution is 5.99. The Balaban J connectivity index is 2.52. The zero-order chi connectivity index (χ0) is 28.6. The van der Waals surface area contributed by atoms with Gasteiger partial charge in [-0.15, -0.1) is 0 Å². The van der Waals surface area contributed by atoms with Crippen LogP contribution in [0.15, 0.2) is 42.5 Å². The van der Waals surface area contributed by atoms with Crippen LogP contribution >= 0.6 is 0 Å². The van der Waals surface area contributed by atoms with Gasteiger partial charge in [-0.1, -0.05) is 61.9 Å². The number of ether oxygens (including phenoxy) is 1. The third-order valence-electron chi connectivity index (χ3n) is 6.00. The molecule has 208 valence electrons. The molecular weight excluding hydrogens is 482 g/mol. The number of rotatable bonds is 10. The van der Waals surface area contributed by atoms with Gasteiger partial charge in [0.05, 0.1) is 6.61 Å². The van der Waals surface area contributed by atoms with E-state index < -0.39 is 35.6 Å². The molecule has 8 nitrogen and oxygen atoms in total. The van der Waals surface area contributed by atoms with E-state index in [2.05, 4.69) is 10.6 Å². The van der Waals surface area contributed by atoms with Crippen LogP contribution in [0, 0.1) is 26.7 Å². The smallest absolute Gasteiger partial charge is 0.408 e. The summed E-state index contributed by atoms with van der Waals surface area (Å²) in [7, 11) is 0. The van der Waals surface area contributed by atoms with Crippen LogP contribution < -0.4 is 10.6 Å². The van der Waals surface area contributed by atoms with E-state index in [1.807, 2.05) is 65.0 Å². The molecule has 2 aromatic carbocycles. The van der Waals surface area contributed by atoms with Crippen LogP contribution in [0.1, 0.15) is 69.3 Å². The minimum atomic E-state index is -1.04. The fraction of sp³-hybridized carbons (Fsp3) is 0.500. The van der Waals surface area contributed by atoms with Crippen molar-refractivity contribution in [2.45, 2.75) is 79.5 Å². The summed E-state index contributed by atoms with van der Waals surface area (Å²) in [6.07, 6.45) is -0.383. The average Bonchev–Trinajstić information content (AvgIpc) is 2.80. The predicted octanol–water partition coefficient (Wildman–Crippen LogP) is 5.05. The molecule has 2 aromatic rings. The van der Waals surface area contributed by atoms with Gasteiger partial charge in [0.1, 0.15) is 17.7 Å². The number of carbonyl (C=O) groups excluding carboxylic acids is 3. The van der Waals surface area contributed by atoms with Gasteiger partial charge in [-0.2, -0.15) is 0 Å². The number of benzene rings is 2. The standard InChI is InChI=1S/C30H43N3O5/c1-19(2)18-24(31-29(37)38-30(6,7)8)28(36)33(16-17-34)26(23-14-12-20(3)13-15-23)27(35)32-25-21(4)10-9-11-22(25)5/h9-15,19,24,26,34H,16-18H2,1-8H3,(H,31,37)(H,32,35). The van der Waals surface area contributed by atoms with E-state index in [1.54, 1.807) is 32.9 Å². The lowest BCUT2D eigenvalue weighted by Crippen LogP contribution is -2.53. The monoisotopic (exact) mass is 525 g/mol. The molecule has 2 atom stereocenters. The Kier molecular flexibility index (Phi) is 10.9. The number of aryl methyl sites for hydroxylation is 3. The summed E-state index contributed by atoms with van der Waals surface area (Å²) in [5, 5.41) is 15.7. The Morgan fingerprint density at radius 3 is 2.05 bits per heavy atom. The topological polar surface area (TPSA) is 108 Å². The van der Waals surface area contributed by atoms with Crippen molar-refractivity contribution in [2.75, 3.05) is 18.5 Å². The number of hydrogen-bond acceptors (Lipinski definition) is 5. The number of para-hydroxylation sites is 1. The van der Waals surface area contributed by atoms with Gasteiger partial charge in [-0.3, -0.25) is 9.59 Å². The van der Waals surface area contributed by atoms with Gasteiger partial charge in [0.25, 0.3) is 5.91 Å². The summed E-state index contributed by atoms with van der Waals surface area (Å²) >= 11 is 0. The van der Waals surface area contributed by atoms with Crippen molar-refractivity contribution in [3.05, 3.63) is 64.7 Å². The first-order valence-electron chi connectivity index (χ1n) is 13.1. The largest absolute Gasteiger partial charge is 0.444 e. The number of anilines is 1. The lowest BCUT2D eigenvalue weighted by atomic mass is 9.98. The Hall–Kier alpha value is -3.39. The van der Waals surface area contributed by atoms with Crippen molar-refractivity contribution in [1.82, 2.24) is 10.2 Å². The molecule has 0 spiro atoms. The molecule has 0 aliphatic heterocycles. The van der Waals surface area contributed by atoms with E-state index in [-0.39, 0.29) is 19.1 Å². The van der Waals surface area contributed by atoms with Crippen LogP contribution in [-0.4, -0.2) is 52.7 Å². The van der Waals surface area contributed by atoms with Crippen LogP contribution in [0.4, 0.5) is 10.5 Å². The molecule has 0 fully saturated rings. The number of nitrogens with one attached hydrogen (secondary N) is 2. The van der Waals surface area contributed by atoms with Crippen molar-refractivity contribution in [2.24, 2.45) is 5.92 Å².